The fourth-order valence-electron chi connectivity index (χ4n) is 1.27. The number of nitrogens with one attached hydrogen (secondary N) is 2. The first-order valence-electron chi connectivity index (χ1n) is 6.17. The quantitative estimate of drug-likeness (QED) is 0.614. The number of ether oxygens (including phenoxy) is 2. The van der Waals surface area contributed by atoms with Gasteiger partial charge in [-0.25, -0.2) is 13.6 Å². The summed E-state index contributed by atoms with van der Waals surface area (Å²) in [6, 6.07) is 2.66. The maximum atomic E-state index is 13.2. The van der Waals surface area contributed by atoms with Crippen molar-refractivity contribution in [1.82, 2.24) is 10.6 Å². The second-order valence-electron chi connectivity index (χ2n) is 3.82. The lowest BCUT2D eigenvalue weighted by Gasteiger charge is -2.04. The first-order valence-corrected chi connectivity index (χ1v) is 6.17. The summed E-state index contributed by atoms with van der Waals surface area (Å²) in [5, 5.41) is 5.05. The summed E-state index contributed by atoms with van der Waals surface area (Å²) in [6.45, 7) is 0.905. The van der Waals surface area contributed by atoms with Crippen LogP contribution >= 0.6 is 0 Å². The van der Waals surface area contributed by atoms with Crippen molar-refractivity contribution in [2.75, 3.05) is 33.4 Å². The smallest absolute Gasteiger partial charge is 0.315 e. The Morgan fingerprint density at radius 2 is 2.10 bits per heavy atom. The van der Waals surface area contributed by atoms with Gasteiger partial charge in [-0.1, -0.05) is 11.8 Å². The molecule has 0 heterocycles. The van der Waals surface area contributed by atoms with Crippen LogP contribution in [-0.4, -0.2) is 39.4 Å². The Hall–Kier alpha value is -2.33. The van der Waals surface area contributed by atoms with Gasteiger partial charge in [0.2, 0.25) is 0 Å². The molecule has 0 aliphatic carbocycles. The lowest BCUT2D eigenvalue weighted by molar-refractivity contribution is 0.196. The van der Waals surface area contributed by atoms with Gasteiger partial charge in [0.15, 0.2) is 11.6 Å². The van der Waals surface area contributed by atoms with Crippen LogP contribution in [0.15, 0.2) is 18.2 Å². The topological polar surface area (TPSA) is 59.6 Å². The number of benzene rings is 1. The third-order valence-corrected chi connectivity index (χ3v) is 2.25. The van der Waals surface area contributed by atoms with E-state index in [4.69, 9.17) is 9.47 Å². The molecule has 1 aromatic rings. The zero-order valence-corrected chi connectivity index (χ0v) is 11.5. The third kappa shape index (κ3) is 7.13. The zero-order valence-electron chi connectivity index (χ0n) is 11.5. The first-order chi connectivity index (χ1) is 10.1. The van der Waals surface area contributed by atoms with Crippen LogP contribution in [0.3, 0.4) is 0 Å². The van der Waals surface area contributed by atoms with Crippen molar-refractivity contribution < 1.29 is 23.0 Å². The molecule has 2 N–H and O–H groups in total. The lowest BCUT2D eigenvalue weighted by Crippen LogP contribution is -2.37. The molecule has 1 rings (SSSR count). The summed E-state index contributed by atoms with van der Waals surface area (Å²) in [5.41, 5.74) is 0. The van der Waals surface area contributed by atoms with E-state index in [2.05, 4.69) is 22.5 Å². The second kappa shape index (κ2) is 9.55. The molecular weight excluding hydrogens is 282 g/mol. The van der Waals surface area contributed by atoms with Gasteiger partial charge in [-0.3, -0.25) is 0 Å². The molecule has 0 aromatic heterocycles. The summed E-state index contributed by atoms with van der Waals surface area (Å²) < 4.78 is 35.6. The van der Waals surface area contributed by atoms with Crippen LogP contribution in [0.5, 0.6) is 5.75 Å². The van der Waals surface area contributed by atoms with E-state index in [1.54, 1.807) is 0 Å². The second-order valence-corrected chi connectivity index (χ2v) is 3.82. The van der Waals surface area contributed by atoms with Gasteiger partial charge >= 0.3 is 6.03 Å². The molecule has 114 valence electrons. The minimum atomic E-state index is -0.785. The summed E-state index contributed by atoms with van der Waals surface area (Å²) in [7, 11) is 1.54. The summed E-state index contributed by atoms with van der Waals surface area (Å²) in [5.74, 6) is 3.70. The molecule has 21 heavy (non-hydrogen) atoms. The number of carbonyl (C=O) groups is 1. The molecule has 7 heteroatoms. The van der Waals surface area contributed by atoms with Gasteiger partial charge in [0, 0.05) is 19.7 Å². The Labute approximate surface area is 121 Å². The van der Waals surface area contributed by atoms with Gasteiger partial charge < -0.3 is 20.1 Å². The van der Waals surface area contributed by atoms with Crippen molar-refractivity contribution >= 4 is 6.03 Å². The van der Waals surface area contributed by atoms with E-state index in [9.17, 15) is 13.6 Å². The Morgan fingerprint density at radius 3 is 2.81 bits per heavy atom. The molecule has 0 spiro atoms. The van der Waals surface area contributed by atoms with Crippen molar-refractivity contribution in [1.29, 1.82) is 0 Å². The van der Waals surface area contributed by atoms with E-state index in [1.165, 1.54) is 13.2 Å². The number of hydrogen-bond acceptors (Lipinski definition) is 3. The van der Waals surface area contributed by atoms with Gasteiger partial charge in [0.05, 0.1) is 13.2 Å². The molecule has 0 fully saturated rings. The van der Waals surface area contributed by atoms with Crippen LogP contribution < -0.4 is 15.4 Å². The van der Waals surface area contributed by atoms with Gasteiger partial charge in [0.1, 0.15) is 12.4 Å². The predicted octanol–water partition coefficient (Wildman–Crippen LogP) is 1.29. The summed E-state index contributed by atoms with van der Waals surface area (Å²) >= 11 is 0. The average molecular weight is 298 g/mol. The van der Waals surface area contributed by atoms with Crippen molar-refractivity contribution in [3.05, 3.63) is 29.8 Å². The maximum Gasteiger partial charge on any atom is 0.315 e. The van der Waals surface area contributed by atoms with Gasteiger partial charge in [-0.2, -0.15) is 0 Å². The monoisotopic (exact) mass is 298 g/mol. The molecule has 0 saturated carbocycles. The van der Waals surface area contributed by atoms with Crippen LogP contribution in [0.25, 0.3) is 0 Å². The Bertz CT molecular complexity index is 527. The van der Waals surface area contributed by atoms with E-state index >= 15 is 0 Å². The molecule has 0 aliphatic rings. The molecule has 0 aliphatic heterocycles. The van der Waals surface area contributed by atoms with Gasteiger partial charge in [-0.05, 0) is 12.1 Å². The van der Waals surface area contributed by atoms with Crippen LogP contribution in [0.1, 0.15) is 0 Å². The molecule has 0 saturated heterocycles. The molecule has 5 nitrogen and oxygen atoms in total. The number of urea groups is 1. The van der Waals surface area contributed by atoms with Gasteiger partial charge in [-0.15, -0.1) is 0 Å². The number of amides is 2. The normalized spacial score (nSPS) is 9.48. The highest BCUT2D eigenvalue weighted by molar-refractivity contribution is 5.74. The van der Waals surface area contributed by atoms with Crippen LogP contribution in [-0.2, 0) is 4.74 Å². The van der Waals surface area contributed by atoms with Crippen LogP contribution in [0.4, 0.5) is 13.6 Å². The third-order valence-electron chi connectivity index (χ3n) is 2.25. The van der Waals surface area contributed by atoms with Gasteiger partial charge in [0.25, 0.3) is 0 Å². The number of hydrogen-bond donors (Lipinski definition) is 2. The lowest BCUT2D eigenvalue weighted by atomic mass is 10.3. The minimum absolute atomic E-state index is 0.0600. The average Bonchev–Trinajstić information content (AvgIpc) is 2.45. The molecule has 1 aromatic carbocycles. The summed E-state index contributed by atoms with van der Waals surface area (Å²) in [6.07, 6.45) is 0. The van der Waals surface area contributed by atoms with E-state index in [1.807, 2.05) is 0 Å². The highest BCUT2D eigenvalue weighted by atomic mass is 19.1. The number of carbonyl (C=O) groups excluding carboxylic acids is 1. The molecule has 0 atom stereocenters. The highest BCUT2D eigenvalue weighted by Gasteiger charge is 2.03. The fraction of sp³-hybridized carbons (Fsp3) is 0.357. The Balaban J connectivity index is 2.20. The zero-order chi connectivity index (χ0) is 15.5. The first kappa shape index (κ1) is 16.7. The number of methoxy groups -OCH3 is 1. The number of rotatable bonds is 6. The maximum absolute atomic E-state index is 13.2. The Morgan fingerprint density at radius 1 is 1.29 bits per heavy atom. The SMILES string of the molecule is COCCNC(=O)NCC#CCOc1ccc(F)cc1F. The summed E-state index contributed by atoms with van der Waals surface area (Å²) in [4.78, 5) is 11.2. The van der Waals surface area contributed by atoms with Crippen molar-refractivity contribution in [3.8, 4) is 17.6 Å². The van der Waals surface area contributed by atoms with Crippen LogP contribution in [0, 0.1) is 23.5 Å². The number of halogens is 2. The Kier molecular flexibility index (Phi) is 7.61. The molecule has 0 unspecified atom stereocenters. The van der Waals surface area contributed by atoms with E-state index in [-0.39, 0.29) is 24.9 Å². The van der Waals surface area contributed by atoms with E-state index in [0.717, 1.165) is 12.1 Å². The standard InChI is InChI=1S/C14H16F2N2O3/c1-20-9-7-18-14(19)17-6-2-3-8-21-13-5-4-11(15)10-12(13)16/h4-5,10H,6-9H2,1H3,(H2,17,18,19). The predicted molar refractivity (Wildman–Crippen MR) is 72.9 cm³/mol. The minimum Gasteiger partial charge on any atom is -0.478 e. The molecule has 2 amide bonds. The fourth-order valence-corrected chi connectivity index (χ4v) is 1.27. The van der Waals surface area contributed by atoms with E-state index < -0.39 is 11.6 Å². The van der Waals surface area contributed by atoms with Crippen molar-refractivity contribution in [2.24, 2.45) is 0 Å². The molecular formula is C14H16F2N2O3. The molecule has 0 bridgehead atoms. The largest absolute Gasteiger partial charge is 0.478 e. The van der Waals surface area contributed by atoms with Crippen LogP contribution in [0.2, 0.25) is 0 Å². The van der Waals surface area contributed by atoms with Crippen molar-refractivity contribution in [3.63, 3.8) is 0 Å². The van der Waals surface area contributed by atoms with Crippen molar-refractivity contribution in [2.45, 2.75) is 0 Å². The molecule has 0 radical (unpaired) electrons. The van der Waals surface area contributed by atoms with E-state index in [0.29, 0.717) is 13.2 Å². The highest BCUT2D eigenvalue weighted by Crippen LogP contribution is 2.16.